The normalized spacial score (nSPS) is 12.3. The summed E-state index contributed by atoms with van der Waals surface area (Å²) in [5.74, 6) is 0.492. The molecule has 2 aromatic carbocycles. The third-order valence-electron chi connectivity index (χ3n) is 4.91. The predicted octanol–water partition coefficient (Wildman–Crippen LogP) is 2.54. The van der Waals surface area contributed by atoms with E-state index in [4.69, 9.17) is 4.74 Å². The van der Waals surface area contributed by atoms with E-state index in [0.717, 1.165) is 29.8 Å². The number of aromatic nitrogens is 1. The van der Waals surface area contributed by atoms with Gasteiger partial charge in [0.15, 0.2) is 0 Å². The Kier molecular flexibility index (Phi) is 4.21. The van der Waals surface area contributed by atoms with E-state index in [9.17, 15) is 9.59 Å². The van der Waals surface area contributed by atoms with Crippen LogP contribution in [0.1, 0.15) is 21.5 Å². The van der Waals surface area contributed by atoms with Gasteiger partial charge >= 0.3 is 0 Å². The zero-order chi connectivity index (χ0) is 18.1. The van der Waals surface area contributed by atoms with Crippen molar-refractivity contribution < 1.29 is 9.53 Å². The quantitative estimate of drug-likeness (QED) is 0.771. The van der Waals surface area contributed by atoms with E-state index >= 15 is 0 Å². The second-order valence-corrected chi connectivity index (χ2v) is 6.48. The van der Waals surface area contributed by atoms with Crippen molar-refractivity contribution in [3.63, 3.8) is 0 Å². The molecule has 1 aliphatic rings. The Balaban J connectivity index is 1.50. The molecule has 0 aliphatic carbocycles. The molecule has 1 aliphatic heterocycles. The second kappa shape index (κ2) is 6.67. The summed E-state index contributed by atoms with van der Waals surface area (Å²) in [7, 11) is 1.63. The molecule has 0 radical (unpaired) electrons. The third-order valence-corrected chi connectivity index (χ3v) is 4.91. The number of pyridine rings is 1. The molecule has 1 N–H and O–H groups in total. The molecule has 0 atom stereocenters. The standard InChI is InChI=1S/C21H20N2O3/c1-26-16-7-5-14(6-8-16)9-11-22-21(25)18-13-23-12-10-15-3-2-4-17(19(15)23)20(18)24/h2-8,13H,9-12H2,1H3,(H,22,25). The van der Waals surface area contributed by atoms with E-state index in [1.165, 1.54) is 5.56 Å². The molecule has 0 bridgehead atoms. The molecular formula is C21H20N2O3. The van der Waals surface area contributed by atoms with Crippen LogP contribution < -0.4 is 15.5 Å². The number of carbonyl (C=O) groups is 1. The van der Waals surface area contributed by atoms with Crippen molar-refractivity contribution in [1.82, 2.24) is 9.88 Å². The van der Waals surface area contributed by atoms with Gasteiger partial charge in [-0.25, -0.2) is 0 Å². The average molecular weight is 348 g/mol. The Morgan fingerprint density at radius 2 is 2.00 bits per heavy atom. The molecule has 26 heavy (non-hydrogen) atoms. The van der Waals surface area contributed by atoms with Crippen molar-refractivity contribution in [3.8, 4) is 5.75 Å². The number of para-hydroxylation sites is 1. The first-order chi connectivity index (χ1) is 12.7. The lowest BCUT2D eigenvalue weighted by atomic mass is 10.1. The maximum Gasteiger partial charge on any atom is 0.256 e. The van der Waals surface area contributed by atoms with Crippen LogP contribution >= 0.6 is 0 Å². The van der Waals surface area contributed by atoms with Crippen molar-refractivity contribution in [3.05, 3.63) is 75.6 Å². The van der Waals surface area contributed by atoms with Crippen LogP contribution in [-0.2, 0) is 19.4 Å². The lowest BCUT2D eigenvalue weighted by Crippen LogP contribution is -2.31. The minimum atomic E-state index is -0.313. The van der Waals surface area contributed by atoms with Crippen LogP contribution in [0.4, 0.5) is 0 Å². The smallest absolute Gasteiger partial charge is 0.256 e. The van der Waals surface area contributed by atoms with Gasteiger partial charge in [0.2, 0.25) is 5.43 Å². The van der Waals surface area contributed by atoms with E-state index in [2.05, 4.69) is 5.32 Å². The average Bonchev–Trinajstić information content (AvgIpc) is 3.09. The molecule has 5 heteroatoms. The van der Waals surface area contributed by atoms with Gasteiger partial charge in [-0.05, 0) is 42.2 Å². The maximum atomic E-state index is 12.7. The second-order valence-electron chi connectivity index (χ2n) is 6.48. The summed E-state index contributed by atoms with van der Waals surface area (Å²) in [5.41, 5.74) is 3.26. The van der Waals surface area contributed by atoms with Gasteiger partial charge in [-0.3, -0.25) is 9.59 Å². The van der Waals surface area contributed by atoms with Crippen molar-refractivity contribution >= 4 is 16.8 Å². The van der Waals surface area contributed by atoms with Gasteiger partial charge in [0.25, 0.3) is 5.91 Å². The lowest BCUT2D eigenvalue weighted by Gasteiger charge is -2.09. The lowest BCUT2D eigenvalue weighted by molar-refractivity contribution is 0.0952. The zero-order valence-electron chi connectivity index (χ0n) is 14.6. The van der Waals surface area contributed by atoms with Crippen LogP contribution in [0.25, 0.3) is 10.9 Å². The Bertz CT molecular complexity index is 1040. The van der Waals surface area contributed by atoms with E-state index in [0.29, 0.717) is 18.4 Å². The Labute approximate surface area is 151 Å². The van der Waals surface area contributed by atoms with Crippen molar-refractivity contribution in [2.45, 2.75) is 19.4 Å². The van der Waals surface area contributed by atoms with Gasteiger partial charge < -0.3 is 14.6 Å². The number of methoxy groups -OCH3 is 1. The fourth-order valence-corrected chi connectivity index (χ4v) is 3.53. The number of nitrogens with one attached hydrogen (secondary N) is 1. The Hall–Kier alpha value is -3.08. The Morgan fingerprint density at radius 3 is 2.77 bits per heavy atom. The summed E-state index contributed by atoms with van der Waals surface area (Å²) in [6.45, 7) is 1.28. The molecule has 3 aromatic rings. The molecule has 4 rings (SSSR count). The van der Waals surface area contributed by atoms with Crippen LogP contribution in [0, 0.1) is 0 Å². The topological polar surface area (TPSA) is 60.3 Å². The van der Waals surface area contributed by atoms with Crippen LogP contribution in [0.3, 0.4) is 0 Å². The molecule has 0 unspecified atom stereocenters. The highest BCUT2D eigenvalue weighted by atomic mass is 16.5. The Morgan fingerprint density at radius 1 is 1.19 bits per heavy atom. The van der Waals surface area contributed by atoms with Gasteiger partial charge in [0.1, 0.15) is 11.3 Å². The summed E-state index contributed by atoms with van der Waals surface area (Å²) in [6.07, 6.45) is 3.30. The first-order valence-electron chi connectivity index (χ1n) is 8.73. The van der Waals surface area contributed by atoms with Crippen molar-refractivity contribution in [1.29, 1.82) is 0 Å². The fourth-order valence-electron chi connectivity index (χ4n) is 3.53. The number of rotatable bonds is 5. The highest BCUT2D eigenvalue weighted by Crippen LogP contribution is 2.23. The molecular weight excluding hydrogens is 328 g/mol. The van der Waals surface area contributed by atoms with E-state index in [1.807, 2.05) is 41.0 Å². The molecule has 0 saturated carbocycles. The van der Waals surface area contributed by atoms with Gasteiger partial charge in [-0.15, -0.1) is 0 Å². The number of hydrogen-bond donors (Lipinski definition) is 1. The molecule has 0 saturated heterocycles. The van der Waals surface area contributed by atoms with Crippen LogP contribution in [0.15, 0.2) is 53.5 Å². The predicted molar refractivity (Wildman–Crippen MR) is 101 cm³/mol. The third kappa shape index (κ3) is 2.86. The molecule has 1 amide bonds. The first kappa shape index (κ1) is 16.4. The summed E-state index contributed by atoms with van der Waals surface area (Å²) in [5, 5.41) is 3.49. The summed E-state index contributed by atoms with van der Waals surface area (Å²) in [4.78, 5) is 25.3. The van der Waals surface area contributed by atoms with Gasteiger partial charge in [0, 0.05) is 24.7 Å². The van der Waals surface area contributed by atoms with Gasteiger partial charge in [-0.2, -0.15) is 0 Å². The summed E-state index contributed by atoms with van der Waals surface area (Å²) in [6, 6.07) is 13.5. The number of hydrogen-bond acceptors (Lipinski definition) is 3. The maximum absolute atomic E-state index is 12.7. The largest absolute Gasteiger partial charge is 0.497 e. The summed E-state index contributed by atoms with van der Waals surface area (Å²) >= 11 is 0. The zero-order valence-corrected chi connectivity index (χ0v) is 14.6. The number of benzene rings is 2. The number of nitrogens with zero attached hydrogens (tertiary/aromatic N) is 1. The number of amides is 1. The van der Waals surface area contributed by atoms with Gasteiger partial charge in [-0.1, -0.05) is 24.3 Å². The highest BCUT2D eigenvalue weighted by molar-refractivity contribution is 5.98. The monoisotopic (exact) mass is 348 g/mol. The van der Waals surface area contributed by atoms with Gasteiger partial charge in [0.05, 0.1) is 12.6 Å². The SMILES string of the molecule is COc1ccc(CCNC(=O)c2cn3c4c(cccc4c2=O)CC3)cc1. The molecule has 0 fully saturated rings. The molecule has 132 valence electrons. The van der Waals surface area contributed by atoms with E-state index in [-0.39, 0.29) is 16.9 Å². The minimum Gasteiger partial charge on any atom is -0.497 e. The molecule has 5 nitrogen and oxygen atoms in total. The van der Waals surface area contributed by atoms with E-state index < -0.39 is 0 Å². The van der Waals surface area contributed by atoms with Crippen molar-refractivity contribution in [2.75, 3.05) is 13.7 Å². The van der Waals surface area contributed by atoms with Crippen LogP contribution in [-0.4, -0.2) is 24.1 Å². The summed E-state index contributed by atoms with van der Waals surface area (Å²) < 4.78 is 7.16. The van der Waals surface area contributed by atoms with Crippen LogP contribution in [0.2, 0.25) is 0 Å². The van der Waals surface area contributed by atoms with Crippen LogP contribution in [0.5, 0.6) is 5.75 Å². The molecule has 1 aromatic heterocycles. The van der Waals surface area contributed by atoms with E-state index in [1.54, 1.807) is 19.4 Å². The first-order valence-corrected chi connectivity index (χ1v) is 8.73. The number of ether oxygens (including phenoxy) is 1. The number of aryl methyl sites for hydroxylation is 2. The molecule has 2 heterocycles. The number of carbonyl (C=O) groups excluding carboxylic acids is 1. The fraction of sp³-hybridized carbons (Fsp3) is 0.238. The molecule has 0 spiro atoms. The van der Waals surface area contributed by atoms with Crippen molar-refractivity contribution in [2.24, 2.45) is 0 Å². The minimum absolute atomic E-state index is 0.193. The highest BCUT2D eigenvalue weighted by Gasteiger charge is 2.20.